The summed E-state index contributed by atoms with van der Waals surface area (Å²) in [6.07, 6.45) is 0. The summed E-state index contributed by atoms with van der Waals surface area (Å²) >= 11 is 3.43. The number of fused-ring (bicyclic) bond motifs is 1. The third kappa shape index (κ3) is 2.17. The van der Waals surface area contributed by atoms with E-state index in [1.807, 2.05) is 30.3 Å². The Morgan fingerprint density at radius 3 is 2.56 bits per heavy atom. The van der Waals surface area contributed by atoms with Crippen molar-refractivity contribution in [2.45, 2.75) is 0 Å². The number of carbonyl (C=O) groups is 1. The molecule has 0 atom stereocenters. The van der Waals surface area contributed by atoms with E-state index in [2.05, 4.69) is 15.9 Å². The smallest absolute Gasteiger partial charge is 0.128 e. The van der Waals surface area contributed by atoms with Gasteiger partial charge >= 0.3 is 0 Å². The molecule has 2 aromatic carbocycles. The van der Waals surface area contributed by atoms with Gasteiger partial charge in [-0.2, -0.15) is 0 Å². The predicted molar refractivity (Wildman–Crippen MR) is 62.2 cm³/mol. The lowest BCUT2D eigenvalue weighted by Gasteiger charge is -2.10. The molecule has 0 heterocycles. The molecule has 0 unspecified atom stereocenters. The van der Waals surface area contributed by atoms with Crippen LogP contribution < -0.4 is 9.84 Å². The van der Waals surface area contributed by atoms with Gasteiger partial charge in [0.05, 0.1) is 5.97 Å². The average Bonchev–Trinajstić information content (AvgIpc) is 2.28. The third-order valence-electron chi connectivity index (χ3n) is 2.18. The average molecular weight is 280 g/mol. The minimum absolute atomic E-state index is 0.439. The Hall–Kier alpha value is -1.55. The number of ether oxygens (including phenoxy) is 1. The number of carboxylic acid groups (broad SMARTS) is 1. The molecule has 2 rings (SSSR count). The van der Waals surface area contributed by atoms with Crippen LogP contribution >= 0.6 is 15.9 Å². The standard InChI is InChI=1S/C12H9BrO3/c13-10-5-6-11(16-7-12(14)15)9-4-2-1-3-8(9)10/h1-6H,7H2,(H,14,15)/p-1. The molecule has 0 fully saturated rings. The number of aliphatic carboxylic acids is 1. The fourth-order valence-electron chi connectivity index (χ4n) is 1.50. The molecule has 0 aromatic heterocycles. The zero-order valence-corrected chi connectivity index (χ0v) is 9.86. The number of halogens is 1. The van der Waals surface area contributed by atoms with Crippen LogP contribution in [0.15, 0.2) is 40.9 Å². The van der Waals surface area contributed by atoms with E-state index in [0.29, 0.717) is 5.75 Å². The number of benzene rings is 2. The van der Waals surface area contributed by atoms with E-state index in [0.717, 1.165) is 15.2 Å². The summed E-state index contributed by atoms with van der Waals surface area (Å²) in [6, 6.07) is 11.2. The number of hydrogen-bond donors (Lipinski definition) is 0. The fraction of sp³-hybridized carbons (Fsp3) is 0.0833. The highest BCUT2D eigenvalue weighted by molar-refractivity contribution is 9.10. The van der Waals surface area contributed by atoms with Gasteiger partial charge in [-0.3, -0.25) is 0 Å². The Morgan fingerprint density at radius 2 is 1.88 bits per heavy atom. The van der Waals surface area contributed by atoms with Gasteiger partial charge in [0.2, 0.25) is 0 Å². The van der Waals surface area contributed by atoms with Crippen LogP contribution in [0, 0.1) is 0 Å². The highest BCUT2D eigenvalue weighted by atomic mass is 79.9. The lowest BCUT2D eigenvalue weighted by atomic mass is 10.1. The molecule has 0 aliphatic carbocycles. The lowest BCUT2D eigenvalue weighted by molar-refractivity contribution is -0.307. The molecule has 0 spiro atoms. The topological polar surface area (TPSA) is 49.4 Å². The molecule has 0 amide bonds. The van der Waals surface area contributed by atoms with Crippen LogP contribution in [0.25, 0.3) is 10.8 Å². The number of rotatable bonds is 3. The largest absolute Gasteiger partial charge is 0.546 e. The summed E-state index contributed by atoms with van der Waals surface area (Å²) in [6.45, 7) is -0.439. The number of carboxylic acids is 1. The fourth-order valence-corrected chi connectivity index (χ4v) is 1.98. The first-order valence-electron chi connectivity index (χ1n) is 4.68. The van der Waals surface area contributed by atoms with Gasteiger partial charge in [0.25, 0.3) is 0 Å². The summed E-state index contributed by atoms with van der Waals surface area (Å²) in [7, 11) is 0. The molecule has 2 aromatic rings. The molecule has 0 radical (unpaired) electrons. The van der Waals surface area contributed by atoms with E-state index in [4.69, 9.17) is 4.74 Å². The zero-order chi connectivity index (χ0) is 11.5. The Bertz CT molecular complexity index is 537. The highest BCUT2D eigenvalue weighted by Crippen LogP contribution is 2.31. The molecule has 0 saturated heterocycles. The Morgan fingerprint density at radius 1 is 1.19 bits per heavy atom. The van der Waals surface area contributed by atoms with Crippen molar-refractivity contribution in [3.63, 3.8) is 0 Å². The summed E-state index contributed by atoms with van der Waals surface area (Å²) in [5.41, 5.74) is 0. The lowest BCUT2D eigenvalue weighted by Crippen LogP contribution is -2.28. The van der Waals surface area contributed by atoms with E-state index < -0.39 is 12.6 Å². The molecule has 0 N–H and O–H groups in total. The second-order valence-corrected chi connectivity index (χ2v) is 4.11. The van der Waals surface area contributed by atoms with Crippen molar-refractivity contribution in [3.05, 3.63) is 40.9 Å². The Kier molecular flexibility index (Phi) is 3.10. The van der Waals surface area contributed by atoms with Gasteiger partial charge in [-0.15, -0.1) is 0 Å². The van der Waals surface area contributed by atoms with Gasteiger partial charge in [0.1, 0.15) is 12.4 Å². The Labute approximate surface area is 101 Å². The van der Waals surface area contributed by atoms with E-state index >= 15 is 0 Å². The summed E-state index contributed by atoms with van der Waals surface area (Å²) in [5, 5.41) is 12.2. The van der Waals surface area contributed by atoms with Gasteiger partial charge in [0.15, 0.2) is 0 Å². The molecule has 0 bridgehead atoms. The van der Waals surface area contributed by atoms with Crippen LogP contribution in [0.3, 0.4) is 0 Å². The number of hydrogen-bond acceptors (Lipinski definition) is 3. The SMILES string of the molecule is O=C([O-])COc1ccc(Br)c2ccccc12. The minimum atomic E-state index is -1.23. The van der Waals surface area contributed by atoms with Crippen LogP contribution in [-0.4, -0.2) is 12.6 Å². The summed E-state index contributed by atoms with van der Waals surface area (Å²) in [5.74, 6) is -0.685. The third-order valence-corrected chi connectivity index (χ3v) is 2.87. The van der Waals surface area contributed by atoms with Gasteiger partial charge < -0.3 is 14.6 Å². The first-order chi connectivity index (χ1) is 7.68. The van der Waals surface area contributed by atoms with Crippen LogP contribution in [0.2, 0.25) is 0 Å². The van der Waals surface area contributed by atoms with E-state index in [-0.39, 0.29) is 0 Å². The van der Waals surface area contributed by atoms with Gasteiger partial charge in [0, 0.05) is 9.86 Å². The molecular formula is C12H8BrO3-. The molecular weight excluding hydrogens is 272 g/mol. The molecule has 0 aliphatic rings. The monoisotopic (exact) mass is 279 g/mol. The van der Waals surface area contributed by atoms with Crippen LogP contribution in [0.5, 0.6) is 5.75 Å². The Balaban J connectivity index is 2.46. The van der Waals surface area contributed by atoms with Crippen molar-refractivity contribution in [2.24, 2.45) is 0 Å². The molecule has 4 heteroatoms. The van der Waals surface area contributed by atoms with Crippen molar-refractivity contribution in [1.82, 2.24) is 0 Å². The van der Waals surface area contributed by atoms with Crippen molar-refractivity contribution >= 4 is 32.7 Å². The second-order valence-electron chi connectivity index (χ2n) is 3.25. The highest BCUT2D eigenvalue weighted by Gasteiger charge is 2.04. The van der Waals surface area contributed by atoms with Crippen molar-refractivity contribution < 1.29 is 14.6 Å². The maximum absolute atomic E-state index is 10.3. The zero-order valence-electron chi connectivity index (χ0n) is 8.27. The van der Waals surface area contributed by atoms with E-state index in [1.165, 1.54) is 0 Å². The van der Waals surface area contributed by atoms with Gasteiger partial charge in [-0.1, -0.05) is 40.2 Å². The normalized spacial score (nSPS) is 10.3. The number of carbonyl (C=O) groups excluding carboxylic acids is 1. The van der Waals surface area contributed by atoms with Crippen molar-refractivity contribution in [2.75, 3.05) is 6.61 Å². The first kappa shape index (κ1) is 11.0. The molecule has 16 heavy (non-hydrogen) atoms. The van der Waals surface area contributed by atoms with Crippen molar-refractivity contribution in [1.29, 1.82) is 0 Å². The molecule has 0 aliphatic heterocycles. The maximum Gasteiger partial charge on any atom is 0.128 e. The quantitative estimate of drug-likeness (QED) is 0.860. The summed E-state index contributed by atoms with van der Waals surface area (Å²) in [4.78, 5) is 10.3. The maximum atomic E-state index is 10.3. The van der Waals surface area contributed by atoms with E-state index in [9.17, 15) is 9.90 Å². The van der Waals surface area contributed by atoms with Crippen LogP contribution in [0.1, 0.15) is 0 Å². The molecule has 0 saturated carbocycles. The minimum Gasteiger partial charge on any atom is -0.546 e. The molecule has 82 valence electrons. The van der Waals surface area contributed by atoms with Crippen LogP contribution in [-0.2, 0) is 4.79 Å². The van der Waals surface area contributed by atoms with Gasteiger partial charge in [-0.25, -0.2) is 0 Å². The molecule has 3 nitrogen and oxygen atoms in total. The predicted octanol–water partition coefficient (Wildman–Crippen LogP) is 1.73. The van der Waals surface area contributed by atoms with Gasteiger partial charge in [-0.05, 0) is 17.5 Å². The van der Waals surface area contributed by atoms with Crippen molar-refractivity contribution in [3.8, 4) is 5.75 Å². The second kappa shape index (κ2) is 4.53. The van der Waals surface area contributed by atoms with E-state index in [1.54, 1.807) is 6.07 Å². The van der Waals surface area contributed by atoms with Crippen LogP contribution in [0.4, 0.5) is 0 Å². The first-order valence-corrected chi connectivity index (χ1v) is 5.47. The summed E-state index contributed by atoms with van der Waals surface area (Å²) < 4.78 is 6.10.